The van der Waals surface area contributed by atoms with Gasteiger partial charge in [0.1, 0.15) is 0 Å². The summed E-state index contributed by atoms with van der Waals surface area (Å²) in [7, 11) is -2.13. The van der Waals surface area contributed by atoms with Gasteiger partial charge in [-0.3, -0.25) is 9.69 Å². The number of ether oxygens (including phenoxy) is 1. The minimum absolute atomic E-state index is 0.0430. The van der Waals surface area contributed by atoms with Crippen LogP contribution in [0.2, 0.25) is 18.1 Å². The van der Waals surface area contributed by atoms with E-state index in [4.69, 9.17) is 9.16 Å². The van der Waals surface area contributed by atoms with E-state index in [2.05, 4.69) is 106 Å². The molecule has 0 spiro atoms. The van der Waals surface area contributed by atoms with E-state index in [1.807, 2.05) is 6.92 Å². The van der Waals surface area contributed by atoms with Crippen molar-refractivity contribution in [1.82, 2.24) is 4.90 Å². The summed E-state index contributed by atoms with van der Waals surface area (Å²) in [6.07, 6.45) is 1.46. The molecule has 0 radical (unpaired) electrons. The van der Waals surface area contributed by atoms with Crippen molar-refractivity contribution < 1.29 is 14.0 Å². The van der Waals surface area contributed by atoms with E-state index in [-0.39, 0.29) is 23.2 Å². The van der Waals surface area contributed by atoms with Gasteiger partial charge in [0.05, 0.1) is 18.1 Å². The molecular formula is C29H43NO3Si. The zero-order valence-electron chi connectivity index (χ0n) is 22.1. The Hall–Kier alpha value is -1.95. The number of carbonyl (C=O) groups is 1. The number of esters is 1. The molecule has 2 aromatic rings. The van der Waals surface area contributed by atoms with Gasteiger partial charge in [0, 0.05) is 19.1 Å². The molecule has 1 fully saturated rings. The van der Waals surface area contributed by atoms with Crippen LogP contribution in [-0.4, -0.2) is 37.9 Å². The average Bonchev–Trinajstić information content (AvgIpc) is 3.59. The third-order valence-electron chi connectivity index (χ3n) is 7.71. The third-order valence-corrected chi connectivity index (χ3v) is 12.2. The Balaban J connectivity index is 1.98. The minimum Gasteiger partial charge on any atom is -0.465 e. The molecule has 0 amide bonds. The van der Waals surface area contributed by atoms with Gasteiger partial charge in [-0.25, -0.2) is 0 Å². The quantitative estimate of drug-likeness (QED) is 0.261. The van der Waals surface area contributed by atoms with Gasteiger partial charge in [-0.1, -0.05) is 81.4 Å². The van der Waals surface area contributed by atoms with Crippen LogP contribution in [0.1, 0.15) is 58.6 Å². The van der Waals surface area contributed by atoms with Crippen LogP contribution in [0.15, 0.2) is 60.7 Å². The Labute approximate surface area is 207 Å². The topological polar surface area (TPSA) is 38.8 Å². The lowest BCUT2D eigenvalue weighted by Crippen LogP contribution is -2.55. The standard InChI is InChI=1S/C29H43NO3Si/c1-8-32-27(31)29(19-20-29)26(33-34(6,7)28(3,4)5)23(2)30(21-24-15-11-9-12-16-24)22-25-17-13-10-14-18-25/h9-18,23,26H,8,19-22H2,1-7H3/t23-,26+/m0/s1. The van der Waals surface area contributed by atoms with Crippen molar-refractivity contribution in [1.29, 1.82) is 0 Å². The molecule has 1 aliphatic rings. The van der Waals surface area contributed by atoms with E-state index >= 15 is 0 Å². The van der Waals surface area contributed by atoms with Gasteiger partial charge in [0.2, 0.25) is 0 Å². The highest BCUT2D eigenvalue weighted by Gasteiger charge is 2.61. The van der Waals surface area contributed by atoms with Crippen LogP contribution in [-0.2, 0) is 27.0 Å². The fourth-order valence-corrected chi connectivity index (χ4v) is 5.76. The number of hydrogen-bond acceptors (Lipinski definition) is 4. The van der Waals surface area contributed by atoms with Gasteiger partial charge in [-0.2, -0.15) is 0 Å². The summed E-state index contributed by atoms with van der Waals surface area (Å²) in [5.41, 5.74) is 1.98. The van der Waals surface area contributed by atoms with Crippen LogP contribution in [0.3, 0.4) is 0 Å². The molecule has 0 aromatic heterocycles. The number of hydrogen-bond donors (Lipinski definition) is 0. The van der Waals surface area contributed by atoms with Gasteiger partial charge < -0.3 is 9.16 Å². The van der Waals surface area contributed by atoms with Crippen molar-refractivity contribution in [2.75, 3.05) is 6.61 Å². The molecule has 3 rings (SSSR count). The van der Waals surface area contributed by atoms with Crippen LogP contribution < -0.4 is 0 Å². The van der Waals surface area contributed by atoms with Crippen molar-refractivity contribution in [3.05, 3.63) is 71.8 Å². The maximum Gasteiger partial charge on any atom is 0.314 e. The first-order valence-electron chi connectivity index (χ1n) is 12.7. The van der Waals surface area contributed by atoms with Crippen LogP contribution in [0, 0.1) is 5.41 Å². The lowest BCUT2D eigenvalue weighted by Gasteiger charge is -2.45. The number of nitrogens with zero attached hydrogens (tertiary/aromatic N) is 1. The predicted octanol–water partition coefficient (Wildman–Crippen LogP) is 6.81. The summed E-state index contributed by atoms with van der Waals surface area (Å²) in [5, 5.41) is 0.0550. The van der Waals surface area contributed by atoms with E-state index < -0.39 is 13.7 Å². The fourth-order valence-electron chi connectivity index (χ4n) is 4.35. The second-order valence-electron chi connectivity index (χ2n) is 11.3. The van der Waals surface area contributed by atoms with Crippen molar-refractivity contribution in [3.8, 4) is 0 Å². The summed E-state index contributed by atoms with van der Waals surface area (Å²) in [4.78, 5) is 15.7. The molecule has 2 aromatic carbocycles. The smallest absolute Gasteiger partial charge is 0.314 e. The molecule has 0 saturated heterocycles. The summed E-state index contributed by atoms with van der Waals surface area (Å²) in [6.45, 7) is 17.5. The first-order chi connectivity index (χ1) is 16.0. The minimum atomic E-state index is -2.13. The lowest BCUT2D eigenvalue weighted by molar-refractivity contribution is -0.156. The second kappa shape index (κ2) is 10.8. The molecule has 1 saturated carbocycles. The van der Waals surface area contributed by atoms with Crippen molar-refractivity contribution in [2.24, 2.45) is 5.41 Å². The molecule has 0 heterocycles. The van der Waals surface area contributed by atoms with Crippen LogP contribution in [0.4, 0.5) is 0 Å². The van der Waals surface area contributed by atoms with E-state index in [9.17, 15) is 4.79 Å². The van der Waals surface area contributed by atoms with Crippen molar-refractivity contribution >= 4 is 14.3 Å². The fraction of sp³-hybridized carbons (Fsp3) is 0.552. The van der Waals surface area contributed by atoms with Gasteiger partial charge >= 0.3 is 5.97 Å². The molecule has 0 bridgehead atoms. The summed E-state index contributed by atoms with van der Waals surface area (Å²) in [6, 6.07) is 21.2. The Morgan fingerprint density at radius 2 is 1.44 bits per heavy atom. The van der Waals surface area contributed by atoms with E-state index in [0.29, 0.717) is 6.61 Å². The highest BCUT2D eigenvalue weighted by atomic mass is 28.4. The van der Waals surface area contributed by atoms with Crippen LogP contribution in [0.25, 0.3) is 0 Å². The Morgan fingerprint density at radius 3 is 1.82 bits per heavy atom. The largest absolute Gasteiger partial charge is 0.465 e. The molecule has 0 N–H and O–H groups in total. The summed E-state index contributed by atoms with van der Waals surface area (Å²) in [5.74, 6) is -0.0927. The van der Waals surface area contributed by atoms with E-state index in [1.54, 1.807) is 0 Å². The Kier molecular flexibility index (Phi) is 8.43. The molecule has 4 nitrogen and oxygen atoms in total. The highest BCUT2D eigenvalue weighted by Crippen LogP contribution is 2.54. The van der Waals surface area contributed by atoms with Crippen LogP contribution in [0.5, 0.6) is 0 Å². The molecule has 0 aliphatic heterocycles. The van der Waals surface area contributed by atoms with Gasteiger partial charge in [0.15, 0.2) is 8.32 Å². The molecule has 5 heteroatoms. The first kappa shape index (κ1) is 26.6. The number of benzene rings is 2. The number of carbonyl (C=O) groups excluding carboxylic acids is 1. The Morgan fingerprint density at radius 1 is 0.971 bits per heavy atom. The molecule has 34 heavy (non-hydrogen) atoms. The van der Waals surface area contributed by atoms with Crippen molar-refractivity contribution in [2.45, 2.75) is 90.8 Å². The van der Waals surface area contributed by atoms with E-state index in [0.717, 1.165) is 25.9 Å². The highest BCUT2D eigenvalue weighted by molar-refractivity contribution is 6.74. The third kappa shape index (κ3) is 6.18. The molecule has 186 valence electrons. The molecular weight excluding hydrogens is 438 g/mol. The Bertz CT molecular complexity index is 878. The predicted molar refractivity (Wildman–Crippen MR) is 142 cm³/mol. The first-order valence-corrected chi connectivity index (χ1v) is 15.6. The SMILES string of the molecule is CCOC(=O)C1([C@H](O[Si](C)(C)C(C)(C)C)[C@H](C)N(Cc2ccccc2)Cc2ccccc2)CC1. The normalized spacial score (nSPS) is 17.3. The lowest BCUT2D eigenvalue weighted by atomic mass is 9.92. The van der Waals surface area contributed by atoms with Crippen molar-refractivity contribution in [3.63, 3.8) is 0 Å². The maximum absolute atomic E-state index is 13.2. The summed E-state index contributed by atoms with van der Waals surface area (Å²) >= 11 is 0. The zero-order chi connectivity index (χ0) is 25.0. The van der Waals surface area contributed by atoms with Gasteiger partial charge in [-0.15, -0.1) is 0 Å². The van der Waals surface area contributed by atoms with E-state index in [1.165, 1.54) is 11.1 Å². The summed E-state index contributed by atoms with van der Waals surface area (Å²) < 4.78 is 12.7. The molecule has 1 aliphatic carbocycles. The molecule has 2 atom stereocenters. The maximum atomic E-state index is 13.2. The number of rotatable bonds is 11. The monoisotopic (exact) mass is 481 g/mol. The van der Waals surface area contributed by atoms with Gasteiger partial charge in [-0.05, 0) is 55.9 Å². The second-order valence-corrected chi connectivity index (χ2v) is 16.0. The molecule has 0 unspecified atom stereocenters. The zero-order valence-corrected chi connectivity index (χ0v) is 23.1. The van der Waals surface area contributed by atoms with Gasteiger partial charge in [0.25, 0.3) is 0 Å². The van der Waals surface area contributed by atoms with Crippen LogP contribution >= 0.6 is 0 Å². The average molecular weight is 482 g/mol.